The van der Waals surface area contributed by atoms with Crippen LogP contribution in [0.3, 0.4) is 0 Å². The normalized spacial score (nSPS) is 15.3. The molecule has 1 aromatic carbocycles. The fraction of sp³-hybridized carbons (Fsp3) is 0.444. The molecule has 1 fully saturated rings. The summed E-state index contributed by atoms with van der Waals surface area (Å²) in [7, 11) is -3.68. The number of piperidine rings is 1. The predicted molar refractivity (Wildman–Crippen MR) is 103 cm³/mol. The van der Waals surface area contributed by atoms with Gasteiger partial charge in [-0.15, -0.1) is 0 Å². The van der Waals surface area contributed by atoms with Crippen molar-refractivity contribution in [1.29, 1.82) is 0 Å². The van der Waals surface area contributed by atoms with E-state index in [0.717, 1.165) is 43.0 Å². The van der Waals surface area contributed by atoms with Crippen molar-refractivity contribution in [2.24, 2.45) is 0 Å². The molecule has 0 unspecified atom stereocenters. The van der Waals surface area contributed by atoms with Crippen LogP contribution in [-0.2, 0) is 16.6 Å². The molecule has 2 aromatic rings. The number of aromatic nitrogens is 2. The molecule has 0 amide bonds. The lowest BCUT2D eigenvalue weighted by Crippen LogP contribution is -2.31. The van der Waals surface area contributed by atoms with Crippen LogP contribution in [0.25, 0.3) is 0 Å². The van der Waals surface area contributed by atoms with E-state index in [1.54, 1.807) is 12.1 Å². The van der Waals surface area contributed by atoms with Crippen LogP contribution in [0.1, 0.15) is 36.3 Å². The molecule has 2 heterocycles. The number of sulfonamides is 1. The first-order valence-corrected chi connectivity index (χ1v) is 10.6. The number of halogens is 1. The van der Waals surface area contributed by atoms with E-state index >= 15 is 0 Å². The van der Waals surface area contributed by atoms with E-state index in [2.05, 4.69) is 19.6 Å². The Morgan fingerprint density at radius 2 is 1.85 bits per heavy atom. The van der Waals surface area contributed by atoms with Gasteiger partial charge < -0.3 is 4.90 Å². The minimum absolute atomic E-state index is 0.0380. The van der Waals surface area contributed by atoms with Gasteiger partial charge in [0.2, 0.25) is 10.0 Å². The molecule has 0 atom stereocenters. The van der Waals surface area contributed by atoms with Gasteiger partial charge in [0.25, 0.3) is 0 Å². The van der Waals surface area contributed by atoms with Crippen LogP contribution in [0, 0.1) is 13.8 Å². The second-order valence-corrected chi connectivity index (χ2v) is 8.74. The number of benzene rings is 1. The largest absolute Gasteiger partial charge is 0.357 e. The van der Waals surface area contributed by atoms with Gasteiger partial charge in [-0.05, 0) is 50.8 Å². The van der Waals surface area contributed by atoms with Gasteiger partial charge in [0.15, 0.2) is 0 Å². The second-order valence-electron chi connectivity index (χ2n) is 6.57. The Balaban J connectivity index is 1.76. The van der Waals surface area contributed by atoms with Crippen molar-refractivity contribution >= 4 is 27.4 Å². The van der Waals surface area contributed by atoms with E-state index < -0.39 is 10.0 Å². The fourth-order valence-corrected chi connectivity index (χ4v) is 4.21. The fourth-order valence-electron chi connectivity index (χ4n) is 2.96. The van der Waals surface area contributed by atoms with E-state index in [4.69, 9.17) is 11.6 Å². The third kappa shape index (κ3) is 4.52. The third-order valence-corrected chi connectivity index (χ3v) is 6.25. The van der Waals surface area contributed by atoms with Crippen molar-refractivity contribution in [3.8, 4) is 0 Å². The summed E-state index contributed by atoms with van der Waals surface area (Å²) in [5.41, 5.74) is 1.66. The zero-order valence-electron chi connectivity index (χ0n) is 15.0. The topological polar surface area (TPSA) is 75.2 Å². The van der Waals surface area contributed by atoms with Crippen molar-refractivity contribution in [2.45, 2.75) is 44.6 Å². The van der Waals surface area contributed by atoms with Crippen LogP contribution in [0.15, 0.2) is 29.2 Å². The Labute approximate surface area is 159 Å². The Morgan fingerprint density at radius 1 is 1.12 bits per heavy atom. The molecule has 6 nitrogen and oxygen atoms in total. The van der Waals surface area contributed by atoms with E-state index in [-0.39, 0.29) is 11.4 Å². The molecule has 0 bridgehead atoms. The minimum atomic E-state index is -3.68. The molecule has 1 aliphatic rings. The monoisotopic (exact) mass is 394 g/mol. The predicted octanol–water partition coefficient (Wildman–Crippen LogP) is 3.22. The Morgan fingerprint density at radius 3 is 2.54 bits per heavy atom. The standard InChI is InChI=1S/C18H23ClN4O2S/c1-13-6-7-15(11-16(13)19)26(24,25)20-12-17-21-14(2)10-18(22-17)23-8-4-3-5-9-23/h6-7,10-11,20H,3-5,8-9,12H2,1-2H3. The van der Waals surface area contributed by atoms with E-state index in [9.17, 15) is 8.42 Å². The van der Waals surface area contributed by atoms with Crippen LogP contribution < -0.4 is 9.62 Å². The molecule has 0 saturated carbocycles. The first kappa shape index (κ1) is 19.1. The SMILES string of the molecule is Cc1cc(N2CCCCC2)nc(CNS(=O)(=O)c2ccc(C)c(Cl)c2)n1. The number of nitrogens with zero attached hydrogens (tertiary/aromatic N) is 3. The van der Waals surface area contributed by atoms with Gasteiger partial charge in [-0.25, -0.2) is 23.1 Å². The molecule has 1 N–H and O–H groups in total. The van der Waals surface area contributed by atoms with E-state index in [1.165, 1.54) is 12.5 Å². The summed E-state index contributed by atoms with van der Waals surface area (Å²) in [6, 6.07) is 6.63. The number of anilines is 1. The van der Waals surface area contributed by atoms with Gasteiger partial charge in [-0.3, -0.25) is 0 Å². The number of nitrogens with one attached hydrogen (secondary N) is 1. The van der Waals surface area contributed by atoms with Crippen molar-refractivity contribution in [3.05, 3.63) is 46.4 Å². The molecule has 140 valence electrons. The molecule has 0 radical (unpaired) electrons. The van der Waals surface area contributed by atoms with Crippen LogP contribution in [0.2, 0.25) is 5.02 Å². The summed E-state index contributed by atoms with van der Waals surface area (Å²) in [6.07, 6.45) is 3.55. The summed E-state index contributed by atoms with van der Waals surface area (Å²) >= 11 is 6.04. The van der Waals surface area contributed by atoms with Gasteiger partial charge in [0.1, 0.15) is 11.6 Å². The molecule has 3 rings (SSSR count). The molecule has 1 saturated heterocycles. The van der Waals surface area contributed by atoms with Gasteiger partial charge in [0.05, 0.1) is 11.4 Å². The maximum absolute atomic E-state index is 12.5. The van der Waals surface area contributed by atoms with Gasteiger partial charge in [-0.1, -0.05) is 17.7 Å². The zero-order chi connectivity index (χ0) is 18.7. The molecular weight excluding hydrogens is 372 g/mol. The molecule has 0 aliphatic carbocycles. The quantitative estimate of drug-likeness (QED) is 0.842. The summed E-state index contributed by atoms with van der Waals surface area (Å²) in [6.45, 7) is 5.71. The lowest BCUT2D eigenvalue weighted by atomic mass is 10.1. The smallest absolute Gasteiger partial charge is 0.241 e. The second kappa shape index (κ2) is 7.90. The lowest BCUT2D eigenvalue weighted by molar-refractivity contribution is 0.569. The Hall–Kier alpha value is -1.70. The summed E-state index contributed by atoms with van der Waals surface area (Å²) < 4.78 is 27.6. The first-order chi connectivity index (χ1) is 12.3. The maximum atomic E-state index is 12.5. The highest BCUT2D eigenvalue weighted by molar-refractivity contribution is 7.89. The zero-order valence-corrected chi connectivity index (χ0v) is 16.6. The van der Waals surface area contributed by atoms with Crippen LogP contribution in [0.5, 0.6) is 0 Å². The van der Waals surface area contributed by atoms with Crippen LogP contribution in [0.4, 0.5) is 5.82 Å². The van der Waals surface area contributed by atoms with Gasteiger partial charge in [0, 0.05) is 29.9 Å². The first-order valence-electron chi connectivity index (χ1n) is 8.70. The number of hydrogen-bond donors (Lipinski definition) is 1. The highest BCUT2D eigenvalue weighted by Gasteiger charge is 2.17. The number of aryl methyl sites for hydroxylation is 2. The highest BCUT2D eigenvalue weighted by atomic mass is 35.5. The summed E-state index contributed by atoms with van der Waals surface area (Å²) in [5, 5.41) is 0.423. The highest BCUT2D eigenvalue weighted by Crippen LogP contribution is 2.21. The summed E-state index contributed by atoms with van der Waals surface area (Å²) in [4.78, 5) is 11.3. The van der Waals surface area contributed by atoms with Crippen LogP contribution in [-0.4, -0.2) is 31.5 Å². The third-order valence-electron chi connectivity index (χ3n) is 4.44. The number of rotatable bonds is 5. The van der Waals surface area contributed by atoms with Crippen molar-refractivity contribution < 1.29 is 8.42 Å². The average Bonchev–Trinajstić information content (AvgIpc) is 2.62. The lowest BCUT2D eigenvalue weighted by Gasteiger charge is -2.28. The molecule has 8 heteroatoms. The maximum Gasteiger partial charge on any atom is 0.241 e. The van der Waals surface area contributed by atoms with Crippen molar-refractivity contribution in [3.63, 3.8) is 0 Å². The minimum Gasteiger partial charge on any atom is -0.357 e. The van der Waals surface area contributed by atoms with Gasteiger partial charge in [-0.2, -0.15) is 0 Å². The Kier molecular flexibility index (Phi) is 5.79. The summed E-state index contributed by atoms with van der Waals surface area (Å²) in [5.74, 6) is 1.33. The van der Waals surface area contributed by atoms with Gasteiger partial charge >= 0.3 is 0 Å². The van der Waals surface area contributed by atoms with E-state index in [0.29, 0.717) is 10.8 Å². The molecule has 1 aliphatic heterocycles. The molecule has 26 heavy (non-hydrogen) atoms. The molecule has 0 spiro atoms. The van der Waals surface area contributed by atoms with Crippen molar-refractivity contribution in [1.82, 2.24) is 14.7 Å². The Bertz CT molecular complexity index is 896. The number of hydrogen-bond acceptors (Lipinski definition) is 5. The average molecular weight is 395 g/mol. The molecule has 1 aromatic heterocycles. The van der Waals surface area contributed by atoms with Crippen molar-refractivity contribution in [2.75, 3.05) is 18.0 Å². The van der Waals surface area contributed by atoms with Crippen LogP contribution >= 0.6 is 11.6 Å². The van der Waals surface area contributed by atoms with E-state index in [1.807, 2.05) is 19.9 Å². The molecular formula is C18H23ClN4O2S.